The van der Waals surface area contributed by atoms with Crippen LogP contribution in [0.5, 0.6) is 11.5 Å². The van der Waals surface area contributed by atoms with Gasteiger partial charge < -0.3 is 14.1 Å². The van der Waals surface area contributed by atoms with E-state index in [-0.39, 0.29) is 0 Å². The number of para-hydroxylation sites is 3. The largest absolute Gasteiger partial charge is 0.457 e. The fourth-order valence-corrected chi connectivity index (χ4v) is 10.5. The number of hydrogen-bond acceptors (Lipinski definition) is 4. The summed E-state index contributed by atoms with van der Waals surface area (Å²) in [5.74, 6) is 1.74. The second kappa shape index (κ2) is 11.0. The zero-order valence-corrected chi connectivity index (χ0v) is 30.2. The number of rotatable bonds is 3. The Morgan fingerprint density at radius 1 is 0.481 bits per heavy atom. The van der Waals surface area contributed by atoms with E-state index in [2.05, 4.69) is 170 Å². The number of nitrogens with zero attached hydrogens (tertiary/aromatic N) is 1. The smallest absolute Gasteiger partial charge is 0.159 e. The van der Waals surface area contributed by atoms with Crippen molar-refractivity contribution in [2.24, 2.45) is 0 Å². The van der Waals surface area contributed by atoms with Crippen LogP contribution in [0.25, 0.3) is 53.2 Å². The summed E-state index contributed by atoms with van der Waals surface area (Å²) in [4.78, 5) is 2.33. The predicted octanol–water partition coefficient (Wildman–Crippen LogP) is 14.2. The number of anilines is 3. The van der Waals surface area contributed by atoms with Crippen LogP contribution >= 0.6 is 11.3 Å². The monoisotopic (exact) mass is 709 g/mol. The first kappa shape index (κ1) is 29.9. The molecule has 0 bridgehead atoms. The summed E-state index contributed by atoms with van der Waals surface area (Å²) in [6.45, 7) is 2.17. The van der Waals surface area contributed by atoms with E-state index >= 15 is 0 Å². The maximum absolute atomic E-state index is 7.20. The van der Waals surface area contributed by atoms with Crippen molar-refractivity contribution >= 4 is 70.5 Å². The van der Waals surface area contributed by atoms with Gasteiger partial charge in [-0.05, 0) is 77.2 Å². The molecule has 0 unspecified atom stereocenters. The lowest BCUT2D eigenvalue weighted by molar-refractivity contribution is 0.437. The second-order valence-corrected chi connectivity index (χ2v) is 15.5. The van der Waals surface area contributed by atoms with Crippen molar-refractivity contribution in [3.05, 3.63) is 198 Å². The molecule has 0 fully saturated rings. The Bertz CT molecular complexity index is 3140. The lowest BCUT2D eigenvalue weighted by atomic mass is 9.66. The minimum Gasteiger partial charge on any atom is -0.457 e. The van der Waals surface area contributed by atoms with E-state index in [0.717, 1.165) is 61.6 Å². The minimum absolute atomic E-state index is 0.564. The average molecular weight is 710 g/mol. The standard InChI is InChI=1S/C50H31NO2S/c1-30-13-2-9-21-42(30)51(43-22-12-18-36-34-16-5-10-23-44(34)53-49(36)43)31-25-26-40-45(27-31)52-46-28-37-35-17-6-11-24-47(35)54-48(37)29-41(46)50(40)38-19-7-3-14-32(38)33-15-4-8-20-39(33)50/h2-29H,1H3. The van der Waals surface area contributed by atoms with Crippen LogP contribution < -0.4 is 9.64 Å². The van der Waals surface area contributed by atoms with Crippen molar-refractivity contribution in [2.45, 2.75) is 12.3 Å². The molecular weight excluding hydrogens is 679 g/mol. The summed E-state index contributed by atoms with van der Waals surface area (Å²) in [7, 11) is 0. The number of furan rings is 1. The van der Waals surface area contributed by atoms with Crippen LogP contribution in [0.15, 0.2) is 174 Å². The molecule has 12 rings (SSSR count). The van der Waals surface area contributed by atoms with E-state index < -0.39 is 5.41 Å². The van der Waals surface area contributed by atoms with Gasteiger partial charge in [-0.25, -0.2) is 0 Å². The Morgan fingerprint density at radius 3 is 1.98 bits per heavy atom. The van der Waals surface area contributed by atoms with Crippen LogP contribution in [0.2, 0.25) is 0 Å². The Morgan fingerprint density at radius 2 is 1.15 bits per heavy atom. The lowest BCUT2D eigenvalue weighted by Gasteiger charge is -2.40. The van der Waals surface area contributed by atoms with Crippen molar-refractivity contribution in [3.8, 4) is 22.6 Å². The van der Waals surface area contributed by atoms with E-state index in [1.54, 1.807) is 0 Å². The summed E-state index contributed by atoms with van der Waals surface area (Å²) in [5, 5.41) is 4.68. The molecule has 254 valence electrons. The summed E-state index contributed by atoms with van der Waals surface area (Å²) in [6, 6.07) is 61.4. The number of thiophene rings is 1. The molecule has 8 aromatic carbocycles. The van der Waals surface area contributed by atoms with Gasteiger partial charge in [0.2, 0.25) is 0 Å². The summed E-state index contributed by atoms with van der Waals surface area (Å²) < 4.78 is 16.4. The molecule has 1 aliphatic carbocycles. The number of benzene rings is 8. The highest BCUT2D eigenvalue weighted by Crippen LogP contribution is 2.63. The van der Waals surface area contributed by atoms with E-state index in [1.165, 1.54) is 48.0 Å². The van der Waals surface area contributed by atoms with Gasteiger partial charge in [-0.1, -0.05) is 121 Å². The molecule has 1 aliphatic heterocycles. The maximum Gasteiger partial charge on any atom is 0.159 e. The fraction of sp³-hybridized carbons (Fsp3) is 0.0400. The molecule has 0 N–H and O–H groups in total. The highest BCUT2D eigenvalue weighted by Gasteiger charge is 2.51. The molecule has 4 heteroatoms. The summed E-state index contributed by atoms with van der Waals surface area (Å²) in [5.41, 5.74) is 12.8. The van der Waals surface area contributed by atoms with Crippen LogP contribution in [0, 0.1) is 6.92 Å². The van der Waals surface area contributed by atoms with Gasteiger partial charge in [-0.2, -0.15) is 0 Å². The topological polar surface area (TPSA) is 25.6 Å². The van der Waals surface area contributed by atoms with Crippen LogP contribution in [0.4, 0.5) is 17.1 Å². The molecule has 1 spiro atoms. The molecule has 0 atom stereocenters. The molecular formula is C50H31NO2S. The van der Waals surface area contributed by atoms with Crippen molar-refractivity contribution in [1.82, 2.24) is 0 Å². The van der Waals surface area contributed by atoms with Crippen molar-refractivity contribution < 1.29 is 9.15 Å². The van der Waals surface area contributed by atoms with Gasteiger partial charge >= 0.3 is 0 Å². The molecule has 2 aromatic heterocycles. The Balaban J connectivity index is 1.16. The van der Waals surface area contributed by atoms with Gasteiger partial charge in [0, 0.05) is 53.8 Å². The fourth-order valence-electron chi connectivity index (χ4n) is 9.38. The van der Waals surface area contributed by atoms with Gasteiger partial charge in [0.15, 0.2) is 5.58 Å². The zero-order valence-electron chi connectivity index (χ0n) is 29.3. The second-order valence-electron chi connectivity index (χ2n) is 14.4. The molecule has 2 aliphatic rings. The maximum atomic E-state index is 7.20. The van der Waals surface area contributed by atoms with Crippen LogP contribution in [-0.4, -0.2) is 0 Å². The van der Waals surface area contributed by atoms with Gasteiger partial charge in [0.05, 0.1) is 16.8 Å². The lowest BCUT2D eigenvalue weighted by Crippen LogP contribution is -2.32. The van der Waals surface area contributed by atoms with Gasteiger partial charge in [0.1, 0.15) is 17.1 Å². The molecule has 10 aromatic rings. The Hall–Kier alpha value is -6.62. The highest BCUT2D eigenvalue weighted by molar-refractivity contribution is 7.25. The van der Waals surface area contributed by atoms with E-state index in [0.29, 0.717) is 0 Å². The zero-order chi connectivity index (χ0) is 35.5. The number of hydrogen-bond donors (Lipinski definition) is 0. The highest BCUT2D eigenvalue weighted by atomic mass is 32.1. The molecule has 54 heavy (non-hydrogen) atoms. The number of aryl methyl sites for hydroxylation is 1. The van der Waals surface area contributed by atoms with E-state index in [1.807, 2.05) is 23.5 Å². The average Bonchev–Trinajstić information content (AvgIpc) is 3.87. The van der Waals surface area contributed by atoms with E-state index in [4.69, 9.17) is 9.15 Å². The Labute approximate surface area is 315 Å². The van der Waals surface area contributed by atoms with Crippen LogP contribution in [0.1, 0.15) is 27.8 Å². The molecule has 0 amide bonds. The van der Waals surface area contributed by atoms with Crippen molar-refractivity contribution in [2.75, 3.05) is 4.90 Å². The summed E-state index contributed by atoms with van der Waals surface area (Å²) in [6.07, 6.45) is 0. The van der Waals surface area contributed by atoms with E-state index in [9.17, 15) is 0 Å². The molecule has 0 radical (unpaired) electrons. The minimum atomic E-state index is -0.564. The van der Waals surface area contributed by atoms with Gasteiger partial charge in [-0.15, -0.1) is 11.3 Å². The van der Waals surface area contributed by atoms with Crippen molar-refractivity contribution in [3.63, 3.8) is 0 Å². The first-order chi connectivity index (χ1) is 26.7. The SMILES string of the molecule is Cc1ccccc1N(c1ccc2c(c1)Oc1cc3c(cc1C21c2ccccc2-c2ccccc21)sc1ccccc13)c1cccc2c1oc1ccccc12. The van der Waals surface area contributed by atoms with Crippen LogP contribution in [-0.2, 0) is 5.41 Å². The first-order valence-electron chi connectivity index (χ1n) is 18.4. The predicted molar refractivity (Wildman–Crippen MR) is 223 cm³/mol. The quantitative estimate of drug-likeness (QED) is 0.183. The Kier molecular flexibility index (Phi) is 6.07. The van der Waals surface area contributed by atoms with Crippen molar-refractivity contribution in [1.29, 1.82) is 0 Å². The third-order valence-corrected chi connectivity index (χ3v) is 12.8. The van der Waals surface area contributed by atoms with Gasteiger partial charge in [0.25, 0.3) is 0 Å². The molecule has 3 nitrogen and oxygen atoms in total. The number of fused-ring (bicyclic) bond motifs is 15. The first-order valence-corrected chi connectivity index (χ1v) is 19.2. The van der Waals surface area contributed by atoms with Crippen LogP contribution in [0.3, 0.4) is 0 Å². The van der Waals surface area contributed by atoms with Gasteiger partial charge in [-0.3, -0.25) is 0 Å². The molecule has 0 saturated carbocycles. The third-order valence-electron chi connectivity index (χ3n) is 11.7. The molecule has 0 saturated heterocycles. The third kappa shape index (κ3) is 3.90. The normalized spacial score (nSPS) is 13.6. The number of ether oxygens (including phenoxy) is 1. The summed E-state index contributed by atoms with van der Waals surface area (Å²) >= 11 is 1.85. The molecule has 3 heterocycles.